The summed E-state index contributed by atoms with van der Waals surface area (Å²) in [5.74, 6) is 0. The Hall–Kier alpha value is -1.06. The van der Waals surface area contributed by atoms with Gasteiger partial charge in [0.15, 0.2) is 0 Å². The van der Waals surface area contributed by atoms with Crippen LogP contribution in [0.15, 0.2) is 30.7 Å². The first-order valence-corrected chi connectivity index (χ1v) is 5.92. The Bertz CT molecular complexity index is 442. The molecule has 94 valence electrons. The molecule has 17 heavy (non-hydrogen) atoms. The Kier molecular flexibility index (Phi) is 6.01. The number of halogens is 1. The first-order chi connectivity index (χ1) is 7.92. The number of hydrogen-bond acceptors (Lipinski definition) is 2. The van der Waals surface area contributed by atoms with E-state index in [4.69, 9.17) is 5.11 Å². The van der Waals surface area contributed by atoms with Gasteiger partial charge >= 0.3 is 0 Å². The van der Waals surface area contributed by atoms with Gasteiger partial charge in [-0.15, -0.1) is 12.4 Å². The molecule has 2 rings (SSSR count). The summed E-state index contributed by atoms with van der Waals surface area (Å²) in [6, 6.07) is 6.31. The molecule has 0 aliphatic heterocycles. The molecule has 3 nitrogen and oxygen atoms in total. The summed E-state index contributed by atoms with van der Waals surface area (Å²) >= 11 is 0. The van der Waals surface area contributed by atoms with Crippen molar-refractivity contribution in [2.75, 3.05) is 6.61 Å². The van der Waals surface area contributed by atoms with Crippen molar-refractivity contribution < 1.29 is 5.11 Å². The quantitative estimate of drug-likeness (QED) is 0.805. The van der Waals surface area contributed by atoms with Gasteiger partial charge in [-0.3, -0.25) is 0 Å². The van der Waals surface area contributed by atoms with Crippen LogP contribution in [0.1, 0.15) is 31.4 Å². The maximum atomic E-state index is 8.68. The van der Waals surface area contributed by atoms with Crippen molar-refractivity contribution in [3.8, 4) is 0 Å². The van der Waals surface area contributed by atoms with E-state index in [2.05, 4.69) is 27.6 Å². The fraction of sp³-hybridized carbons (Fsp3) is 0.462. The molecule has 0 radical (unpaired) electrons. The van der Waals surface area contributed by atoms with Crippen molar-refractivity contribution in [2.24, 2.45) is 0 Å². The molecular formula is C13H19ClN2O. The van der Waals surface area contributed by atoms with E-state index in [1.54, 1.807) is 0 Å². The second-order valence-corrected chi connectivity index (χ2v) is 4.09. The summed E-state index contributed by atoms with van der Waals surface area (Å²) in [5.41, 5.74) is 2.48. The first kappa shape index (κ1) is 14.0. The summed E-state index contributed by atoms with van der Waals surface area (Å²) in [4.78, 5) is 4.15. The number of unbranched alkanes of at least 4 members (excludes halogenated alkanes) is 3. The van der Waals surface area contributed by atoms with Crippen LogP contribution in [-0.4, -0.2) is 21.1 Å². The number of rotatable bonds is 6. The molecule has 2 heterocycles. The summed E-state index contributed by atoms with van der Waals surface area (Å²) < 4.78 is 2.14. The lowest BCUT2D eigenvalue weighted by Crippen LogP contribution is -1.95. The lowest BCUT2D eigenvalue weighted by atomic mass is 10.1. The Morgan fingerprint density at radius 2 is 1.94 bits per heavy atom. The van der Waals surface area contributed by atoms with Crippen molar-refractivity contribution in [3.63, 3.8) is 0 Å². The molecule has 1 N–H and O–H groups in total. The predicted octanol–water partition coefficient (Wildman–Crippen LogP) is 2.85. The smallest absolute Gasteiger partial charge is 0.0994 e. The van der Waals surface area contributed by atoms with Gasteiger partial charge in [0.1, 0.15) is 0 Å². The minimum absolute atomic E-state index is 0. The molecule has 2 aromatic rings. The number of aryl methyl sites for hydroxylation is 1. The normalized spacial score (nSPS) is 10.4. The summed E-state index contributed by atoms with van der Waals surface area (Å²) in [6.07, 6.45) is 9.25. The molecule has 0 saturated heterocycles. The number of pyridine rings is 1. The maximum absolute atomic E-state index is 8.68. The summed E-state index contributed by atoms with van der Waals surface area (Å²) in [6.45, 7) is 0.317. The van der Waals surface area contributed by atoms with Gasteiger partial charge in [-0.2, -0.15) is 0 Å². The molecule has 0 bridgehead atoms. The van der Waals surface area contributed by atoms with E-state index in [-0.39, 0.29) is 12.4 Å². The third kappa shape index (κ3) is 3.72. The zero-order chi connectivity index (χ0) is 11.2. The van der Waals surface area contributed by atoms with Crippen LogP contribution < -0.4 is 0 Å². The average molecular weight is 255 g/mol. The van der Waals surface area contributed by atoms with Crippen molar-refractivity contribution in [3.05, 3.63) is 36.4 Å². The maximum Gasteiger partial charge on any atom is 0.0994 e. The van der Waals surface area contributed by atoms with E-state index in [9.17, 15) is 0 Å². The van der Waals surface area contributed by atoms with Gasteiger partial charge in [-0.1, -0.05) is 18.9 Å². The highest BCUT2D eigenvalue weighted by Gasteiger charge is 1.99. The largest absolute Gasteiger partial charge is 0.396 e. The third-order valence-electron chi connectivity index (χ3n) is 2.87. The highest BCUT2D eigenvalue weighted by atomic mass is 35.5. The van der Waals surface area contributed by atoms with E-state index in [0.29, 0.717) is 6.61 Å². The molecule has 0 amide bonds. The van der Waals surface area contributed by atoms with E-state index in [0.717, 1.165) is 24.8 Å². The minimum atomic E-state index is 0. The van der Waals surface area contributed by atoms with Gasteiger partial charge in [0.25, 0.3) is 0 Å². The van der Waals surface area contributed by atoms with Crippen molar-refractivity contribution in [1.82, 2.24) is 9.38 Å². The van der Waals surface area contributed by atoms with Crippen LogP contribution in [0.25, 0.3) is 5.52 Å². The number of aliphatic hydroxyl groups excluding tert-OH is 1. The molecule has 4 heteroatoms. The summed E-state index contributed by atoms with van der Waals surface area (Å²) in [5, 5.41) is 8.68. The molecule has 0 aliphatic carbocycles. The van der Waals surface area contributed by atoms with Crippen LogP contribution in [0, 0.1) is 0 Å². The number of aliphatic hydroxyl groups is 1. The minimum Gasteiger partial charge on any atom is -0.396 e. The second kappa shape index (κ2) is 7.30. The van der Waals surface area contributed by atoms with Crippen LogP contribution in [0.4, 0.5) is 0 Å². The molecule has 0 atom stereocenters. The van der Waals surface area contributed by atoms with E-state index in [1.165, 1.54) is 18.5 Å². The average Bonchev–Trinajstić information content (AvgIpc) is 2.77. The molecule has 0 fully saturated rings. The van der Waals surface area contributed by atoms with Crippen molar-refractivity contribution in [1.29, 1.82) is 0 Å². The molecular weight excluding hydrogens is 236 g/mol. The van der Waals surface area contributed by atoms with Gasteiger partial charge in [-0.05, 0) is 31.4 Å². The Morgan fingerprint density at radius 1 is 1.12 bits per heavy atom. The standard InChI is InChI=1S/C13H18N2O.ClH/c16-9-4-2-1-3-6-12-7-5-8-13-10-14-11-15(12)13;/h5,7-8,10-11,16H,1-4,6,9H2;1H. The van der Waals surface area contributed by atoms with Crippen LogP contribution in [0.2, 0.25) is 0 Å². The van der Waals surface area contributed by atoms with E-state index < -0.39 is 0 Å². The van der Waals surface area contributed by atoms with Gasteiger partial charge in [0, 0.05) is 12.3 Å². The monoisotopic (exact) mass is 254 g/mol. The topological polar surface area (TPSA) is 37.5 Å². The SMILES string of the molecule is Cl.OCCCCCCc1cccc2cncn12. The van der Waals surface area contributed by atoms with Gasteiger partial charge in [0.05, 0.1) is 18.0 Å². The van der Waals surface area contributed by atoms with E-state index >= 15 is 0 Å². The van der Waals surface area contributed by atoms with Gasteiger partial charge in [-0.25, -0.2) is 4.98 Å². The number of fused-ring (bicyclic) bond motifs is 1. The molecule has 0 saturated carbocycles. The lowest BCUT2D eigenvalue weighted by molar-refractivity contribution is 0.282. The molecule has 2 aromatic heterocycles. The van der Waals surface area contributed by atoms with Crippen LogP contribution in [-0.2, 0) is 6.42 Å². The fourth-order valence-corrected chi connectivity index (χ4v) is 1.98. The zero-order valence-electron chi connectivity index (χ0n) is 9.88. The van der Waals surface area contributed by atoms with Crippen LogP contribution in [0.5, 0.6) is 0 Å². The zero-order valence-corrected chi connectivity index (χ0v) is 10.7. The van der Waals surface area contributed by atoms with Crippen LogP contribution in [0.3, 0.4) is 0 Å². The Balaban J connectivity index is 0.00000144. The molecule has 0 aliphatic rings. The molecule has 0 spiro atoms. The number of imidazole rings is 1. The number of aromatic nitrogens is 2. The molecule has 0 unspecified atom stereocenters. The first-order valence-electron chi connectivity index (χ1n) is 5.92. The highest BCUT2D eigenvalue weighted by Crippen LogP contribution is 2.11. The lowest BCUT2D eigenvalue weighted by Gasteiger charge is -2.05. The Morgan fingerprint density at radius 3 is 2.76 bits per heavy atom. The molecule has 0 aromatic carbocycles. The summed E-state index contributed by atoms with van der Waals surface area (Å²) in [7, 11) is 0. The van der Waals surface area contributed by atoms with Gasteiger partial charge in [0.2, 0.25) is 0 Å². The number of nitrogens with zero attached hydrogens (tertiary/aromatic N) is 2. The van der Waals surface area contributed by atoms with E-state index in [1.807, 2.05) is 12.5 Å². The van der Waals surface area contributed by atoms with Gasteiger partial charge < -0.3 is 9.51 Å². The fourth-order valence-electron chi connectivity index (χ4n) is 1.98. The van der Waals surface area contributed by atoms with Crippen LogP contribution >= 0.6 is 12.4 Å². The predicted molar refractivity (Wildman–Crippen MR) is 71.7 cm³/mol. The number of hydrogen-bond donors (Lipinski definition) is 1. The second-order valence-electron chi connectivity index (χ2n) is 4.09. The Labute approximate surface area is 108 Å². The van der Waals surface area contributed by atoms with Crippen molar-refractivity contribution >= 4 is 17.9 Å². The highest BCUT2D eigenvalue weighted by molar-refractivity contribution is 5.85. The third-order valence-corrected chi connectivity index (χ3v) is 2.87. The van der Waals surface area contributed by atoms with Crippen molar-refractivity contribution in [2.45, 2.75) is 32.1 Å².